The molecule has 0 bridgehead atoms. The lowest BCUT2D eigenvalue weighted by Gasteiger charge is -2.09. The van der Waals surface area contributed by atoms with Crippen molar-refractivity contribution >= 4 is 5.91 Å². The number of carbonyl (C=O) groups is 1. The molecule has 0 radical (unpaired) electrons. The molecule has 5 heteroatoms. The molecule has 1 amide bonds. The molecule has 2 aromatic rings. The standard InChI is InChI=1S/C16H18N2O3/c1-12-3-6-14(7-4-12)21-10-9-18-11-13(16(20)17-2)5-8-15(18)19/h3-8,11H,9-10H2,1-2H3,(H,17,20). The first-order valence-corrected chi connectivity index (χ1v) is 6.72. The maximum Gasteiger partial charge on any atom is 0.252 e. The van der Waals surface area contributed by atoms with Crippen LogP contribution < -0.4 is 15.6 Å². The highest BCUT2D eigenvalue weighted by Crippen LogP contribution is 2.11. The number of nitrogens with one attached hydrogen (secondary N) is 1. The van der Waals surface area contributed by atoms with Crippen LogP contribution in [0.3, 0.4) is 0 Å². The summed E-state index contributed by atoms with van der Waals surface area (Å²) in [6.45, 7) is 2.76. The molecule has 5 nitrogen and oxygen atoms in total. The lowest BCUT2D eigenvalue weighted by atomic mass is 10.2. The normalized spacial score (nSPS) is 10.2. The Bertz CT molecular complexity index is 675. The molecule has 21 heavy (non-hydrogen) atoms. The highest BCUT2D eigenvalue weighted by Gasteiger charge is 2.05. The van der Waals surface area contributed by atoms with Gasteiger partial charge in [0, 0.05) is 19.3 Å². The molecule has 0 saturated heterocycles. The van der Waals surface area contributed by atoms with Crippen LogP contribution in [0, 0.1) is 6.92 Å². The highest BCUT2D eigenvalue weighted by molar-refractivity contribution is 5.93. The fourth-order valence-corrected chi connectivity index (χ4v) is 1.88. The zero-order valence-corrected chi connectivity index (χ0v) is 12.1. The van der Waals surface area contributed by atoms with Crippen molar-refractivity contribution in [1.29, 1.82) is 0 Å². The van der Waals surface area contributed by atoms with Gasteiger partial charge in [-0.3, -0.25) is 9.59 Å². The van der Waals surface area contributed by atoms with E-state index >= 15 is 0 Å². The van der Waals surface area contributed by atoms with E-state index in [-0.39, 0.29) is 11.5 Å². The Balaban J connectivity index is 2.01. The zero-order valence-electron chi connectivity index (χ0n) is 12.1. The Morgan fingerprint density at radius 1 is 1.19 bits per heavy atom. The molecule has 0 saturated carbocycles. The van der Waals surface area contributed by atoms with E-state index in [0.29, 0.717) is 18.7 Å². The van der Waals surface area contributed by atoms with Crippen molar-refractivity contribution in [3.05, 3.63) is 64.1 Å². The minimum atomic E-state index is -0.219. The van der Waals surface area contributed by atoms with Crippen molar-refractivity contribution < 1.29 is 9.53 Å². The summed E-state index contributed by atoms with van der Waals surface area (Å²) in [7, 11) is 1.55. The molecular weight excluding hydrogens is 268 g/mol. The number of aromatic nitrogens is 1. The van der Waals surface area contributed by atoms with Gasteiger partial charge in [0.25, 0.3) is 11.5 Å². The lowest BCUT2D eigenvalue weighted by molar-refractivity contribution is 0.0962. The van der Waals surface area contributed by atoms with E-state index in [2.05, 4.69) is 5.32 Å². The van der Waals surface area contributed by atoms with Crippen molar-refractivity contribution in [3.63, 3.8) is 0 Å². The van der Waals surface area contributed by atoms with Crippen molar-refractivity contribution in [2.24, 2.45) is 0 Å². The number of benzene rings is 1. The second-order valence-electron chi connectivity index (χ2n) is 4.69. The summed E-state index contributed by atoms with van der Waals surface area (Å²) in [6, 6.07) is 10.6. The third kappa shape index (κ3) is 3.95. The average molecular weight is 286 g/mol. The van der Waals surface area contributed by atoms with Gasteiger partial charge in [-0.15, -0.1) is 0 Å². The number of aryl methyl sites for hydroxylation is 1. The Kier molecular flexibility index (Phi) is 4.77. The third-order valence-electron chi connectivity index (χ3n) is 3.09. The van der Waals surface area contributed by atoms with E-state index in [4.69, 9.17) is 4.74 Å². The maximum atomic E-state index is 11.7. The van der Waals surface area contributed by atoms with E-state index in [1.165, 1.54) is 16.7 Å². The number of hydrogen-bond donors (Lipinski definition) is 1. The number of rotatable bonds is 5. The largest absolute Gasteiger partial charge is 0.492 e. The molecule has 0 spiro atoms. The van der Waals surface area contributed by atoms with Gasteiger partial charge in [0.05, 0.1) is 12.1 Å². The second kappa shape index (κ2) is 6.74. The molecule has 1 aromatic carbocycles. The van der Waals surface area contributed by atoms with Crippen LogP contribution in [-0.4, -0.2) is 24.1 Å². The van der Waals surface area contributed by atoms with Crippen LogP contribution >= 0.6 is 0 Å². The summed E-state index contributed by atoms with van der Waals surface area (Å²) >= 11 is 0. The van der Waals surface area contributed by atoms with Crippen LogP contribution in [-0.2, 0) is 6.54 Å². The predicted octanol–water partition coefficient (Wildman–Crippen LogP) is 1.60. The number of hydrogen-bond acceptors (Lipinski definition) is 3. The molecule has 0 fully saturated rings. The minimum Gasteiger partial charge on any atom is -0.492 e. The Labute approximate surface area is 123 Å². The summed E-state index contributed by atoms with van der Waals surface area (Å²) in [5.41, 5.74) is 1.46. The topological polar surface area (TPSA) is 60.3 Å². The van der Waals surface area contributed by atoms with E-state index in [1.54, 1.807) is 13.2 Å². The number of carbonyl (C=O) groups excluding carboxylic acids is 1. The first-order valence-electron chi connectivity index (χ1n) is 6.72. The minimum absolute atomic E-state index is 0.157. The van der Waals surface area contributed by atoms with E-state index in [1.807, 2.05) is 31.2 Å². The van der Waals surface area contributed by atoms with Crippen LogP contribution in [0.2, 0.25) is 0 Å². The molecule has 0 aliphatic rings. The summed E-state index contributed by atoms with van der Waals surface area (Å²) < 4.78 is 7.06. The zero-order chi connectivity index (χ0) is 15.2. The summed E-state index contributed by atoms with van der Waals surface area (Å²) in [5, 5.41) is 2.53. The Morgan fingerprint density at radius 3 is 2.57 bits per heavy atom. The molecule has 1 N–H and O–H groups in total. The molecule has 1 aromatic heterocycles. The Hall–Kier alpha value is -2.56. The first kappa shape index (κ1) is 14.8. The molecule has 0 aliphatic carbocycles. The quantitative estimate of drug-likeness (QED) is 0.908. The first-order chi connectivity index (χ1) is 10.1. The fraction of sp³-hybridized carbons (Fsp3) is 0.250. The van der Waals surface area contributed by atoms with Crippen LogP contribution in [0.1, 0.15) is 15.9 Å². The van der Waals surface area contributed by atoms with Crippen LogP contribution in [0.15, 0.2) is 47.4 Å². The van der Waals surface area contributed by atoms with Crippen molar-refractivity contribution in [2.45, 2.75) is 13.5 Å². The lowest BCUT2D eigenvalue weighted by Crippen LogP contribution is -2.25. The molecule has 0 aliphatic heterocycles. The molecule has 0 atom stereocenters. The number of amides is 1. The summed E-state index contributed by atoms with van der Waals surface area (Å²) in [6.07, 6.45) is 1.54. The van der Waals surface area contributed by atoms with Crippen LogP contribution in [0.4, 0.5) is 0 Å². The van der Waals surface area contributed by atoms with Crippen molar-refractivity contribution in [3.8, 4) is 5.75 Å². The van der Waals surface area contributed by atoms with Gasteiger partial charge in [0.15, 0.2) is 0 Å². The molecule has 1 heterocycles. The third-order valence-corrected chi connectivity index (χ3v) is 3.09. The van der Waals surface area contributed by atoms with Crippen molar-refractivity contribution in [2.75, 3.05) is 13.7 Å². The van der Waals surface area contributed by atoms with Gasteiger partial charge in [-0.25, -0.2) is 0 Å². The van der Waals surface area contributed by atoms with E-state index in [9.17, 15) is 9.59 Å². The van der Waals surface area contributed by atoms with Gasteiger partial charge in [-0.1, -0.05) is 17.7 Å². The van der Waals surface area contributed by atoms with Crippen LogP contribution in [0.5, 0.6) is 5.75 Å². The van der Waals surface area contributed by atoms with Gasteiger partial charge in [0.1, 0.15) is 12.4 Å². The average Bonchev–Trinajstić information content (AvgIpc) is 2.50. The Morgan fingerprint density at radius 2 is 1.90 bits per heavy atom. The maximum absolute atomic E-state index is 11.7. The monoisotopic (exact) mass is 286 g/mol. The summed E-state index contributed by atoms with van der Waals surface area (Å²) in [4.78, 5) is 23.3. The van der Waals surface area contributed by atoms with Gasteiger partial charge in [-0.2, -0.15) is 0 Å². The SMILES string of the molecule is CNC(=O)c1ccc(=O)n(CCOc2ccc(C)cc2)c1. The molecule has 2 rings (SSSR count). The van der Waals surface area contributed by atoms with Gasteiger partial charge < -0.3 is 14.6 Å². The summed E-state index contributed by atoms with van der Waals surface area (Å²) in [5.74, 6) is 0.541. The molecule has 0 unspecified atom stereocenters. The number of nitrogens with zero attached hydrogens (tertiary/aromatic N) is 1. The fourth-order valence-electron chi connectivity index (χ4n) is 1.88. The van der Waals surface area contributed by atoms with Gasteiger partial charge in [-0.05, 0) is 25.1 Å². The highest BCUT2D eigenvalue weighted by atomic mass is 16.5. The van der Waals surface area contributed by atoms with Crippen molar-refractivity contribution in [1.82, 2.24) is 9.88 Å². The number of ether oxygens (including phenoxy) is 1. The van der Waals surface area contributed by atoms with E-state index in [0.717, 1.165) is 11.3 Å². The smallest absolute Gasteiger partial charge is 0.252 e. The molecule has 110 valence electrons. The molecular formula is C16H18N2O3. The van der Waals surface area contributed by atoms with Gasteiger partial charge >= 0.3 is 0 Å². The predicted molar refractivity (Wildman–Crippen MR) is 80.8 cm³/mol. The van der Waals surface area contributed by atoms with Gasteiger partial charge in [0.2, 0.25) is 0 Å². The second-order valence-corrected chi connectivity index (χ2v) is 4.69. The number of pyridine rings is 1. The van der Waals surface area contributed by atoms with Crippen LogP contribution in [0.25, 0.3) is 0 Å². The van der Waals surface area contributed by atoms with E-state index < -0.39 is 0 Å².